The number of alkyl halides is 3. The van der Waals surface area contributed by atoms with Crippen molar-refractivity contribution in [3.05, 3.63) is 94.5 Å². The molecule has 0 aliphatic heterocycles. The Balaban J connectivity index is 1.78. The maximum Gasteiger partial charge on any atom is 0.417 e. The molecule has 0 spiro atoms. The van der Waals surface area contributed by atoms with Crippen molar-refractivity contribution in [2.45, 2.75) is 24.2 Å². The zero-order chi connectivity index (χ0) is 21.8. The number of nitrogens with one attached hydrogen (secondary N) is 2. The zero-order valence-electron chi connectivity index (χ0n) is 15.6. The maximum atomic E-state index is 13.2. The monoisotopic (exact) mass is 454 g/mol. The highest BCUT2D eigenvalue weighted by Crippen LogP contribution is 2.34. The fourth-order valence-corrected chi connectivity index (χ4v) is 4.31. The van der Waals surface area contributed by atoms with Gasteiger partial charge in [-0.05, 0) is 41.5 Å². The van der Waals surface area contributed by atoms with Gasteiger partial charge < -0.3 is 5.32 Å². The van der Waals surface area contributed by atoms with Gasteiger partial charge in [0.15, 0.2) is 0 Å². The van der Waals surface area contributed by atoms with Gasteiger partial charge in [0.1, 0.15) is 0 Å². The minimum atomic E-state index is -4.79. The fourth-order valence-electron chi connectivity index (χ4n) is 2.85. The number of rotatable bonds is 7. The van der Waals surface area contributed by atoms with Gasteiger partial charge in [0.05, 0.1) is 16.1 Å². The van der Waals surface area contributed by atoms with Gasteiger partial charge in [-0.25, -0.2) is 8.42 Å². The van der Waals surface area contributed by atoms with E-state index in [9.17, 15) is 21.6 Å². The summed E-state index contributed by atoms with van der Waals surface area (Å²) in [7, 11) is -4.44. The van der Waals surface area contributed by atoms with Crippen molar-refractivity contribution in [1.82, 2.24) is 5.32 Å². The average Bonchev–Trinajstić information content (AvgIpc) is 2.70. The van der Waals surface area contributed by atoms with Gasteiger partial charge in [-0.1, -0.05) is 54.1 Å². The van der Waals surface area contributed by atoms with Crippen LogP contribution in [0, 0.1) is 0 Å². The lowest BCUT2D eigenvalue weighted by molar-refractivity contribution is -0.139. The van der Waals surface area contributed by atoms with Crippen molar-refractivity contribution in [3.63, 3.8) is 0 Å². The Kier molecular flexibility index (Phi) is 6.70. The molecule has 0 unspecified atom stereocenters. The van der Waals surface area contributed by atoms with Gasteiger partial charge in [-0.3, -0.25) is 4.72 Å². The van der Waals surface area contributed by atoms with Crippen LogP contribution in [-0.4, -0.2) is 8.42 Å². The number of para-hydroxylation sites is 1. The minimum absolute atomic E-state index is 0.207. The van der Waals surface area contributed by atoms with Crippen LogP contribution in [0.15, 0.2) is 77.7 Å². The van der Waals surface area contributed by atoms with Gasteiger partial charge in [0.2, 0.25) is 0 Å². The summed E-state index contributed by atoms with van der Waals surface area (Å²) in [6.45, 7) is 0.817. The predicted octanol–water partition coefficient (Wildman–Crippen LogP) is 5.45. The molecule has 0 fully saturated rings. The SMILES string of the molecule is O=S(=O)(Nc1ccccc1CNCc1ccc(Cl)cc1)c1ccccc1C(F)(F)F. The van der Waals surface area contributed by atoms with Crippen LogP contribution in [0.25, 0.3) is 0 Å². The van der Waals surface area contributed by atoms with Crippen LogP contribution in [0.5, 0.6) is 0 Å². The molecule has 9 heteroatoms. The van der Waals surface area contributed by atoms with Gasteiger partial charge in [0, 0.05) is 18.1 Å². The Hall–Kier alpha value is -2.55. The lowest BCUT2D eigenvalue weighted by Gasteiger charge is -2.16. The second-order valence-corrected chi connectivity index (χ2v) is 8.57. The molecule has 0 atom stereocenters. The van der Waals surface area contributed by atoms with Crippen LogP contribution in [-0.2, 0) is 29.3 Å². The Bertz CT molecular complexity index is 1120. The molecule has 0 aliphatic rings. The fraction of sp³-hybridized carbons (Fsp3) is 0.143. The van der Waals surface area contributed by atoms with Crippen molar-refractivity contribution in [2.24, 2.45) is 0 Å². The highest BCUT2D eigenvalue weighted by molar-refractivity contribution is 7.92. The molecule has 0 aromatic heterocycles. The first kappa shape index (κ1) is 22.1. The molecule has 0 amide bonds. The van der Waals surface area contributed by atoms with E-state index in [4.69, 9.17) is 11.6 Å². The van der Waals surface area contributed by atoms with Crippen LogP contribution in [0.4, 0.5) is 18.9 Å². The van der Waals surface area contributed by atoms with E-state index in [2.05, 4.69) is 10.0 Å². The Morgan fingerprint density at radius 3 is 2.17 bits per heavy atom. The second-order valence-electron chi connectivity index (χ2n) is 6.49. The first-order valence-corrected chi connectivity index (χ1v) is 10.7. The highest BCUT2D eigenvalue weighted by Gasteiger charge is 2.37. The molecule has 0 heterocycles. The molecule has 3 aromatic carbocycles. The third kappa shape index (κ3) is 5.53. The highest BCUT2D eigenvalue weighted by atomic mass is 35.5. The summed E-state index contributed by atoms with van der Waals surface area (Å²) in [6, 6.07) is 17.9. The Labute approximate surface area is 177 Å². The van der Waals surface area contributed by atoms with Crippen molar-refractivity contribution >= 4 is 27.3 Å². The smallest absolute Gasteiger partial charge is 0.309 e. The quantitative estimate of drug-likeness (QED) is 0.499. The van der Waals surface area contributed by atoms with Crippen LogP contribution in [0.2, 0.25) is 5.02 Å². The third-order valence-corrected chi connectivity index (χ3v) is 5.98. The van der Waals surface area contributed by atoms with E-state index in [0.717, 1.165) is 23.8 Å². The van der Waals surface area contributed by atoms with Crippen LogP contribution >= 0.6 is 11.6 Å². The van der Waals surface area contributed by atoms with Gasteiger partial charge in [-0.2, -0.15) is 13.2 Å². The number of benzene rings is 3. The maximum absolute atomic E-state index is 13.2. The van der Waals surface area contributed by atoms with E-state index >= 15 is 0 Å². The number of halogens is 4. The van der Waals surface area contributed by atoms with E-state index in [1.54, 1.807) is 30.3 Å². The summed E-state index contributed by atoms with van der Waals surface area (Å²) in [5, 5.41) is 3.80. The van der Waals surface area contributed by atoms with Crippen molar-refractivity contribution in [2.75, 3.05) is 4.72 Å². The number of anilines is 1. The predicted molar refractivity (Wildman–Crippen MR) is 111 cm³/mol. The van der Waals surface area contributed by atoms with E-state index in [1.807, 2.05) is 12.1 Å². The molecule has 0 aliphatic carbocycles. The van der Waals surface area contributed by atoms with Crippen molar-refractivity contribution in [3.8, 4) is 0 Å². The molecular weight excluding hydrogens is 437 g/mol. The molecular formula is C21H18ClF3N2O2S. The third-order valence-electron chi connectivity index (χ3n) is 4.30. The average molecular weight is 455 g/mol. The first-order chi connectivity index (χ1) is 14.2. The standard InChI is InChI=1S/C21H18ClF3N2O2S/c22-17-11-9-15(10-12-17)13-26-14-16-5-1-3-7-19(16)27-30(28,29)20-8-4-2-6-18(20)21(23,24)25/h1-12,26-27H,13-14H2. The number of sulfonamides is 1. The van der Waals surface area contributed by atoms with E-state index < -0.39 is 26.7 Å². The van der Waals surface area contributed by atoms with E-state index in [0.29, 0.717) is 23.7 Å². The molecule has 3 aromatic rings. The number of hydrogen-bond donors (Lipinski definition) is 2. The zero-order valence-corrected chi connectivity index (χ0v) is 17.2. The summed E-state index contributed by atoms with van der Waals surface area (Å²) in [5.74, 6) is 0. The summed E-state index contributed by atoms with van der Waals surface area (Å²) in [5.41, 5.74) is 0.574. The van der Waals surface area contributed by atoms with Gasteiger partial charge in [0.25, 0.3) is 10.0 Å². The topological polar surface area (TPSA) is 58.2 Å². The molecule has 30 heavy (non-hydrogen) atoms. The molecule has 2 N–H and O–H groups in total. The summed E-state index contributed by atoms with van der Waals surface area (Å²) >= 11 is 5.86. The first-order valence-electron chi connectivity index (χ1n) is 8.89. The molecule has 0 saturated heterocycles. The minimum Gasteiger partial charge on any atom is -0.309 e. The largest absolute Gasteiger partial charge is 0.417 e. The normalized spacial score (nSPS) is 12.0. The number of hydrogen-bond acceptors (Lipinski definition) is 3. The summed E-state index contributed by atoms with van der Waals surface area (Å²) < 4.78 is 67.4. The van der Waals surface area contributed by atoms with Crippen LogP contribution in [0.3, 0.4) is 0 Å². The lowest BCUT2D eigenvalue weighted by atomic mass is 10.1. The molecule has 4 nitrogen and oxygen atoms in total. The Morgan fingerprint density at radius 2 is 1.47 bits per heavy atom. The molecule has 0 bridgehead atoms. The van der Waals surface area contributed by atoms with E-state index in [-0.39, 0.29) is 5.69 Å². The van der Waals surface area contributed by atoms with Gasteiger partial charge >= 0.3 is 6.18 Å². The molecule has 0 radical (unpaired) electrons. The lowest BCUT2D eigenvalue weighted by Crippen LogP contribution is -2.20. The second kappa shape index (κ2) is 9.07. The molecule has 0 saturated carbocycles. The molecule has 158 valence electrons. The van der Waals surface area contributed by atoms with Crippen molar-refractivity contribution < 1.29 is 21.6 Å². The van der Waals surface area contributed by atoms with Gasteiger partial charge in [-0.15, -0.1) is 0 Å². The van der Waals surface area contributed by atoms with Crippen molar-refractivity contribution in [1.29, 1.82) is 0 Å². The van der Waals surface area contributed by atoms with Crippen LogP contribution in [0.1, 0.15) is 16.7 Å². The Morgan fingerprint density at radius 1 is 0.833 bits per heavy atom. The van der Waals surface area contributed by atoms with Crippen LogP contribution < -0.4 is 10.0 Å². The summed E-state index contributed by atoms with van der Waals surface area (Å²) in [6.07, 6.45) is -4.79. The van der Waals surface area contributed by atoms with E-state index in [1.165, 1.54) is 12.1 Å². The summed E-state index contributed by atoms with van der Waals surface area (Å²) in [4.78, 5) is -0.818. The molecule has 3 rings (SSSR count).